The Morgan fingerprint density at radius 3 is 2.56 bits per heavy atom. The number of rotatable bonds is 5. The van der Waals surface area contributed by atoms with E-state index in [2.05, 4.69) is 54.1 Å². The summed E-state index contributed by atoms with van der Waals surface area (Å²) in [7, 11) is 4.13. The Morgan fingerprint density at radius 1 is 1.44 bits per heavy atom. The normalized spacial score (nSPS) is 11.7. The highest BCUT2D eigenvalue weighted by Gasteiger charge is 2.20. The van der Waals surface area contributed by atoms with Crippen LogP contribution in [0.3, 0.4) is 0 Å². The van der Waals surface area contributed by atoms with Gasteiger partial charge < -0.3 is 16.0 Å². The van der Waals surface area contributed by atoms with Crippen molar-refractivity contribution in [3.8, 4) is 0 Å². The molecule has 0 heterocycles. The fraction of sp³-hybridized carbons (Fsp3) is 0.462. The van der Waals surface area contributed by atoms with Crippen LogP contribution < -0.4 is 11.1 Å². The Balaban J connectivity index is 2.90. The number of anilines is 1. The zero-order valence-electron chi connectivity index (χ0n) is 11.2. The molecule has 1 aromatic carbocycles. The van der Waals surface area contributed by atoms with Gasteiger partial charge in [0, 0.05) is 27.8 Å². The van der Waals surface area contributed by atoms with Crippen molar-refractivity contribution in [2.75, 3.05) is 26.0 Å². The molecule has 3 N–H and O–H groups in total. The van der Waals surface area contributed by atoms with Crippen LogP contribution in [0, 0.1) is 0 Å². The summed E-state index contributed by atoms with van der Waals surface area (Å²) in [6.07, 6.45) is 0. The molecule has 18 heavy (non-hydrogen) atoms. The molecule has 0 radical (unpaired) electrons. The fourth-order valence-electron chi connectivity index (χ4n) is 1.35. The first kappa shape index (κ1) is 15.4. The minimum absolute atomic E-state index is 0.0514. The van der Waals surface area contributed by atoms with Crippen LogP contribution in [0.15, 0.2) is 22.7 Å². The van der Waals surface area contributed by atoms with Gasteiger partial charge in [0.2, 0.25) is 0 Å². The summed E-state index contributed by atoms with van der Waals surface area (Å²) in [5.74, 6) is 0. The number of hydrogen-bond donors (Lipinski definition) is 2. The van der Waals surface area contributed by atoms with Gasteiger partial charge in [-0.1, -0.05) is 28.1 Å². The van der Waals surface area contributed by atoms with Gasteiger partial charge in [0.25, 0.3) is 0 Å². The molecule has 5 heteroatoms. The molecule has 0 aliphatic carbocycles. The third kappa shape index (κ3) is 3.93. The minimum Gasteiger partial charge on any atom is -0.389 e. The first-order valence-electron chi connectivity index (χ1n) is 5.74. The molecular formula is C13H20BrN3S. The summed E-state index contributed by atoms with van der Waals surface area (Å²) < 4.78 is 1.01. The van der Waals surface area contributed by atoms with Gasteiger partial charge in [-0.05, 0) is 46.1 Å². The number of halogens is 1. The van der Waals surface area contributed by atoms with E-state index in [9.17, 15) is 0 Å². The molecule has 100 valence electrons. The summed E-state index contributed by atoms with van der Waals surface area (Å²) in [6.45, 7) is 5.17. The summed E-state index contributed by atoms with van der Waals surface area (Å²) in [5.41, 5.74) is 7.62. The van der Waals surface area contributed by atoms with Crippen molar-refractivity contribution in [1.29, 1.82) is 0 Å². The number of benzene rings is 1. The number of nitrogens with two attached hydrogens (primary N) is 1. The topological polar surface area (TPSA) is 41.3 Å². The summed E-state index contributed by atoms with van der Waals surface area (Å²) in [4.78, 5) is 2.59. The maximum Gasteiger partial charge on any atom is 0.106 e. The second-order valence-electron chi connectivity index (χ2n) is 5.11. The quantitative estimate of drug-likeness (QED) is 0.815. The van der Waals surface area contributed by atoms with Gasteiger partial charge in [-0.25, -0.2) is 0 Å². The monoisotopic (exact) mass is 329 g/mol. The minimum atomic E-state index is 0.0514. The van der Waals surface area contributed by atoms with Crippen LogP contribution in [0.4, 0.5) is 5.69 Å². The number of likely N-dealkylation sites (N-methyl/N-ethyl adjacent to an activating group) is 1. The van der Waals surface area contributed by atoms with Crippen LogP contribution in [0.2, 0.25) is 0 Å². The lowest BCUT2D eigenvalue weighted by Gasteiger charge is -2.33. The number of nitrogens with zero attached hydrogens (tertiary/aromatic N) is 1. The summed E-state index contributed by atoms with van der Waals surface area (Å²) in [6, 6.07) is 5.87. The Labute approximate surface area is 123 Å². The van der Waals surface area contributed by atoms with Crippen LogP contribution in [-0.2, 0) is 0 Å². The number of thiocarbonyl (C=S) groups is 1. The van der Waals surface area contributed by atoms with Crippen LogP contribution in [0.25, 0.3) is 0 Å². The van der Waals surface area contributed by atoms with E-state index < -0.39 is 0 Å². The number of hydrogen-bond acceptors (Lipinski definition) is 3. The third-order valence-corrected chi connectivity index (χ3v) is 3.88. The number of nitrogens with one attached hydrogen (secondary N) is 1. The molecule has 0 aliphatic heterocycles. The first-order chi connectivity index (χ1) is 8.24. The van der Waals surface area contributed by atoms with E-state index in [4.69, 9.17) is 18.0 Å². The van der Waals surface area contributed by atoms with E-state index in [1.807, 2.05) is 18.2 Å². The van der Waals surface area contributed by atoms with Crippen molar-refractivity contribution >= 4 is 38.8 Å². The van der Waals surface area contributed by atoms with E-state index in [-0.39, 0.29) is 5.54 Å². The van der Waals surface area contributed by atoms with Crippen LogP contribution >= 0.6 is 28.1 Å². The van der Waals surface area contributed by atoms with Gasteiger partial charge in [-0.15, -0.1) is 0 Å². The van der Waals surface area contributed by atoms with Gasteiger partial charge >= 0.3 is 0 Å². The molecule has 3 nitrogen and oxygen atoms in total. The lowest BCUT2D eigenvalue weighted by atomic mass is 10.0. The van der Waals surface area contributed by atoms with Crippen molar-refractivity contribution < 1.29 is 0 Å². The third-order valence-electron chi connectivity index (χ3n) is 3.17. The average molecular weight is 330 g/mol. The average Bonchev–Trinajstić information content (AvgIpc) is 2.26. The second kappa shape index (κ2) is 5.99. The highest BCUT2D eigenvalue weighted by molar-refractivity contribution is 9.10. The molecule has 0 atom stereocenters. The predicted octanol–water partition coefficient (Wildman–Crippen LogP) is 2.84. The van der Waals surface area contributed by atoms with Crippen LogP contribution in [0.5, 0.6) is 0 Å². The van der Waals surface area contributed by atoms with Gasteiger partial charge in [-0.2, -0.15) is 0 Å². The molecule has 0 spiro atoms. The van der Waals surface area contributed by atoms with E-state index in [1.54, 1.807) is 0 Å². The zero-order valence-corrected chi connectivity index (χ0v) is 13.7. The Bertz CT molecular complexity index is 444. The van der Waals surface area contributed by atoms with E-state index >= 15 is 0 Å². The standard InChI is InChI=1S/C13H20BrN3S/c1-13(2,17(3)4)8-16-11-7-9(14)5-6-10(11)12(15)18/h5-7,16H,8H2,1-4H3,(H2,15,18). The predicted molar refractivity (Wildman–Crippen MR) is 86.3 cm³/mol. The molecule has 0 amide bonds. The van der Waals surface area contributed by atoms with Crippen LogP contribution in [-0.4, -0.2) is 36.1 Å². The lowest BCUT2D eigenvalue weighted by Crippen LogP contribution is -2.44. The van der Waals surface area contributed by atoms with E-state index in [0.717, 1.165) is 22.3 Å². The maximum absolute atomic E-state index is 5.73. The second-order valence-corrected chi connectivity index (χ2v) is 6.47. The molecule has 0 saturated carbocycles. The van der Waals surface area contributed by atoms with E-state index in [0.29, 0.717) is 4.99 Å². The molecule has 1 aromatic rings. The Hall–Kier alpha value is -0.650. The van der Waals surface area contributed by atoms with Gasteiger partial charge in [-0.3, -0.25) is 0 Å². The Kier molecular flexibility index (Phi) is 5.13. The van der Waals surface area contributed by atoms with Gasteiger partial charge in [0.05, 0.1) is 0 Å². The molecule has 0 saturated heterocycles. The highest BCUT2D eigenvalue weighted by Crippen LogP contribution is 2.22. The molecule has 0 unspecified atom stereocenters. The summed E-state index contributed by atoms with van der Waals surface area (Å²) >= 11 is 8.52. The van der Waals surface area contributed by atoms with Crippen molar-refractivity contribution in [2.24, 2.45) is 5.73 Å². The van der Waals surface area contributed by atoms with E-state index in [1.165, 1.54) is 0 Å². The molecular weight excluding hydrogens is 310 g/mol. The summed E-state index contributed by atoms with van der Waals surface area (Å²) in [5, 5.41) is 3.42. The molecule has 0 aromatic heterocycles. The molecule has 0 fully saturated rings. The molecule has 1 rings (SSSR count). The van der Waals surface area contributed by atoms with Gasteiger partial charge in [0.1, 0.15) is 4.99 Å². The van der Waals surface area contributed by atoms with Gasteiger partial charge in [0.15, 0.2) is 0 Å². The first-order valence-corrected chi connectivity index (χ1v) is 6.95. The van der Waals surface area contributed by atoms with Crippen molar-refractivity contribution in [1.82, 2.24) is 4.90 Å². The fourth-order valence-corrected chi connectivity index (χ4v) is 1.89. The van der Waals surface area contributed by atoms with Crippen molar-refractivity contribution in [2.45, 2.75) is 19.4 Å². The SMILES string of the molecule is CN(C)C(C)(C)CNc1cc(Br)ccc1C(N)=S. The zero-order chi connectivity index (χ0) is 13.9. The Morgan fingerprint density at radius 2 is 2.06 bits per heavy atom. The van der Waals surface area contributed by atoms with Crippen molar-refractivity contribution in [3.63, 3.8) is 0 Å². The smallest absolute Gasteiger partial charge is 0.106 e. The molecule has 0 bridgehead atoms. The maximum atomic E-state index is 5.73. The largest absolute Gasteiger partial charge is 0.389 e. The molecule has 0 aliphatic rings. The van der Waals surface area contributed by atoms with Crippen LogP contribution in [0.1, 0.15) is 19.4 Å². The highest BCUT2D eigenvalue weighted by atomic mass is 79.9. The van der Waals surface area contributed by atoms with Crippen molar-refractivity contribution in [3.05, 3.63) is 28.2 Å². The lowest BCUT2D eigenvalue weighted by molar-refractivity contribution is 0.210.